The molecule has 2 N–H and O–H groups in total. The molecule has 0 radical (unpaired) electrons. The number of carbonyl (C=O) groups excluding carboxylic acids is 1. The number of anilines is 1. The third-order valence-electron chi connectivity index (χ3n) is 2.94. The molecule has 1 aliphatic rings. The molecule has 0 spiro atoms. The van der Waals surface area contributed by atoms with Gasteiger partial charge in [-0.1, -0.05) is 0 Å². The SMILES string of the molecule is CCOc1nc(Cl)nc(N2CCCCC2C(N)=O)n1. The smallest absolute Gasteiger partial charge is 0.322 e. The van der Waals surface area contributed by atoms with Crippen molar-refractivity contribution in [2.45, 2.75) is 32.2 Å². The second kappa shape index (κ2) is 6.01. The summed E-state index contributed by atoms with van der Waals surface area (Å²) in [5, 5.41) is 0.0437. The van der Waals surface area contributed by atoms with E-state index in [1.54, 1.807) is 4.90 Å². The summed E-state index contributed by atoms with van der Waals surface area (Å²) >= 11 is 5.85. The lowest BCUT2D eigenvalue weighted by Gasteiger charge is -2.33. The second-order valence-electron chi connectivity index (χ2n) is 4.23. The van der Waals surface area contributed by atoms with Crippen LogP contribution in [0.3, 0.4) is 0 Å². The van der Waals surface area contributed by atoms with Gasteiger partial charge < -0.3 is 15.4 Å². The zero-order valence-electron chi connectivity index (χ0n) is 10.7. The molecule has 7 nitrogen and oxygen atoms in total. The number of amides is 1. The van der Waals surface area contributed by atoms with Gasteiger partial charge in [-0.15, -0.1) is 0 Å². The fraction of sp³-hybridized carbons (Fsp3) is 0.636. The molecule has 1 unspecified atom stereocenters. The summed E-state index contributed by atoms with van der Waals surface area (Å²) in [6.07, 6.45) is 2.61. The third-order valence-corrected chi connectivity index (χ3v) is 3.11. The van der Waals surface area contributed by atoms with E-state index < -0.39 is 6.04 Å². The summed E-state index contributed by atoms with van der Waals surface area (Å²) in [4.78, 5) is 25.3. The van der Waals surface area contributed by atoms with E-state index in [0.29, 0.717) is 25.5 Å². The van der Waals surface area contributed by atoms with E-state index in [9.17, 15) is 4.79 Å². The van der Waals surface area contributed by atoms with E-state index in [2.05, 4.69) is 15.0 Å². The molecule has 1 fully saturated rings. The first-order valence-electron chi connectivity index (χ1n) is 6.22. The lowest BCUT2D eigenvalue weighted by molar-refractivity contribution is -0.119. The van der Waals surface area contributed by atoms with Crippen molar-refractivity contribution >= 4 is 23.5 Å². The number of ether oxygens (including phenoxy) is 1. The molecule has 0 aromatic carbocycles. The number of nitrogens with two attached hydrogens (primary N) is 1. The van der Waals surface area contributed by atoms with Gasteiger partial charge in [0.05, 0.1) is 6.61 Å². The van der Waals surface area contributed by atoms with E-state index in [1.165, 1.54) is 0 Å². The van der Waals surface area contributed by atoms with Gasteiger partial charge in [0.2, 0.25) is 17.1 Å². The Morgan fingerprint density at radius 3 is 2.95 bits per heavy atom. The van der Waals surface area contributed by atoms with Crippen LogP contribution in [0.25, 0.3) is 0 Å². The standard InChI is InChI=1S/C11H16ClN5O2/c1-2-19-11-15-9(12)14-10(16-11)17-6-4-3-5-7(17)8(13)18/h7H,2-6H2,1H3,(H2,13,18). The predicted octanol–water partition coefficient (Wildman–Crippen LogP) is 0.768. The van der Waals surface area contributed by atoms with E-state index in [1.807, 2.05) is 6.92 Å². The number of carbonyl (C=O) groups is 1. The Morgan fingerprint density at radius 2 is 2.26 bits per heavy atom. The molecule has 0 bridgehead atoms. The van der Waals surface area contributed by atoms with Crippen LogP contribution in [0, 0.1) is 0 Å². The normalized spacial score (nSPS) is 19.3. The summed E-state index contributed by atoms with van der Waals surface area (Å²) in [6, 6.07) is -0.243. The van der Waals surface area contributed by atoms with Gasteiger partial charge in [0, 0.05) is 6.54 Å². The van der Waals surface area contributed by atoms with Gasteiger partial charge in [-0.05, 0) is 37.8 Å². The highest BCUT2D eigenvalue weighted by molar-refractivity contribution is 6.28. The first-order chi connectivity index (χ1) is 9.11. The molecular formula is C11H16ClN5O2. The number of rotatable bonds is 4. The molecule has 0 saturated carbocycles. The topological polar surface area (TPSA) is 94.2 Å². The quantitative estimate of drug-likeness (QED) is 0.878. The Morgan fingerprint density at radius 1 is 1.47 bits per heavy atom. The van der Waals surface area contributed by atoms with Crippen molar-refractivity contribution < 1.29 is 9.53 Å². The first-order valence-corrected chi connectivity index (χ1v) is 6.60. The summed E-state index contributed by atoms with van der Waals surface area (Å²) in [7, 11) is 0. The van der Waals surface area contributed by atoms with Crippen LogP contribution >= 0.6 is 11.6 Å². The summed E-state index contributed by atoms with van der Waals surface area (Å²) in [6.45, 7) is 2.92. The van der Waals surface area contributed by atoms with Crippen LogP contribution in [-0.2, 0) is 4.79 Å². The van der Waals surface area contributed by atoms with Crippen molar-refractivity contribution in [2.24, 2.45) is 5.73 Å². The van der Waals surface area contributed by atoms with E-state index in [4.69, 9.17) is 22.1 Å². The van der Waals surface area contributed by atoms with Crippen molar-refractivity contribution in [1.29, 1.82) is 0 Å². The molecule has 1 atom stereocenters. The molecule has 104 valence electrons. The van der Waals surface area contributed by atoms with Gasteiger partial charge >= 0.3 is 6.01 Å². The Hall–Kier alpha value is -1.63. The number of aromatic nitrogens is 3. The maximum atomic E-state index is 11.5. The monoisotopic (exact) mass is 285 g/mol. The molecule has 1 aliphatic heterocycles. The van der Waals surface area contributed by atoms with Gasteiger partial charge in [-0.2, -0.15) is 15.0 Å². The number of primary amides is 1. The maximum absolute atomic E-state index is 11.5. The molecular weight excluding hydrogens is 270 g/mol. The molecule has 2 heterocycles. The fourth-order valence-electron chi connectivity index (χ4n) is 2.11. The van der Waals surface area contributed by atoms with Gasteiger partial charge in [-0.25, -0.2) is 0 Å². The van der Waals surface area contributed by atoms with Gasteiger partial charge in [0.1, 0.15) is 6.04 Å². The van der Waals surface area contributed by atoms with Gasteiger partial charge in [0.25, 0.3) is 0 Å². The van der Waals surface area contributed by atoms with Crippen molar-refractivity contribution in [3.8, 4) is 6.01 Å². The molecule has 19 heavy (non-hydrogen) atoms. The van der Waals surface area contributed by atoms with Crippen LogP contribution in [0.15, 0.2) is 0 Å². The lowest BCUT2D eigenvalue weighted by Crippen LogP contribution is -2.48. The average molecular weight is 286 g/mol. The molecule has 1 saturated heterocycles. The minimum absolute atomic E-state index is 0.0437. The van der Waals surface area contributed by atoms with Crippen LogP contribution in [0.5, 0.6) is 6.01 Å². The van der Waals surface area contributed by atoms with Crippen LogP contribution in [-0.4, -0.2) is 40.1 Å². The summed E-state index contributed by atoms with van der Waals surface area (Å²) in [5.41, 5.74) is 5.41. The Kier molecular flexibility index (Phi) is 4.36. The minimum Gasteiger partial charge on any atom is -0.464 e. The lowest BCUT2D eigenvalue weighted by atomic mass is 10.0. The highest BCUT2D eigenvalue weighted by atomic mass is 35.5. The van der Waals surface area contributed by atoms with Crippen LogP contribution in [0.4, 0.5) is 5.95 Å². The van der Waals surface area contributed by atoms with Crippen molar-refractivity contribution in [3.63, 3.8) is 0 Å². The van der Waals surface area contributed by atoms with Gasteiger partial charge in [0.15, 0.2) is 0 Å². The number of nitrogens with zero attached hydrogens (tertiary/aromatic N) is 4. The zero-order valence-corrected chi connectivity index (χ0v) is 11.4. The Bertz CT molecular complexity index is 470. The van der Waals surface area contributed by atoms with Crippen LogP contribution in [0.2, 0.25) is 5.28 Å². The van der Waals surface area contributed by atoms with E-state index >= 15 is 0 Å². The minimum atomic E-state index is -0.401. The number of piperidine rings is 1. The number of hydrogen-bond acceptors (Lipinski definition) is 6. The highest BCUT2D eigenvalue weighted by Gasteiger charge is 2.29. The molecule has 2 rings (SSSR count). The van der Waals surface area contributed by atoms with E-state index in [-0.39, 0.29) is 17.2 Å². The number of halogens is 1. The molecule has 1 aromatic heterocycles. The summed E-state index contributed by atoms with van der Waals surface area (Å²) in [5.74, 6) is -0.0406. The molecule has 1 aromatic rings. The van der Waals surface area contributed by atoms with Crippen LogP contribution in [0.1, 0.15) is 26.2 Å². The van der Waals surface area contributed by atoms with Crippen LogP contribution < -0.4 is 15.4 Å². The molecule has 1 amide bonds. The highest BCUT2D eigenvalue weighted by Crippen LogP contribution is 2.23. The van der Waals surface area contributed by atoms with Gasteiger partial charge in [-0.3, -0.25) is 4.79 Å². The van der Waals surface area contributed by atoms with Crippen molar-refractivity contribution in [1.82, 2.24) is 15.0 Å². The maximum Gasteiger partial charge on any atom is 0.322 e. The first kappa shape index (κ1) is 13.8. The average Bonchev–Trinajstić information content (AvgIpc) is 2.38. The fourth-order valence-corrected chi connectivity index (χ4v) is 2.26. The Labute approximate surface area is 116 Å². The number of hydrogen-bond donors (Lipinski definition) is 1. The second-order valence-corrected chi connectivity index (χ2v) is 4.57. The van der Waals surface area contributed by atoms with E-state index in [0.717, 1.165) is 12.8 Å². The Balaban J connectivity index is 2.30. The third kappa shape index (κ3) is 3.23. The zero-order chi connectivity index (χ0) is 13.8. The summed E-state index contributed by atoms with van der Waals surface area (Å²) < 4.78 is 5.22. The predicted molar refractivity (Wildman–Crippen MR) is 70.2 cm³/mol. The van der Waals surface area contributed by atoms with Crippen molar-refractivity contribution in [3.05, 3.63) is 5.28 Å². The van der Waals surface area contributed by atoms with Crippen molar-refractivity contribution in [2.75, 3.05) is 18.1 Å². The largest absolute Gasteiger partial charge is 0.464 e. The molecule has 8 heteroatoms. The molecule has 0 aliphatic carbocycles.